The fourth-order valence-electron chi connectivity index (χ4n) is 2.18. The zero-order valence-corrected chi connectivity index (χ0v) is 27.9. The normalized spacial score (nSPS) is 11.9. The quantitative estimate of drug-likeness (QED) is 0.168. The standard InChI is InChI=1S/C11H16N4Se.C9H12N2Se.C7H10ClN/c1-11(2,3)10-6-8(9(7-12)16-10)13-14-15(4)5;1-9(2,3)8-4-6(11)7(5-10)12-8;1-7(2,3)6(8)4-5-9/h6H,1-5H3;4H,11H2,1-3H3;4H,1-3H3/b;;6-4-. The van der Waals surface area contributed by atoms with E-state index in [0.717, 1.165) is 14.6 Å². The number of anilines is 1. The molecule has 0 atom stereocenters. The number of allylic oxidation sites excluding steroid dienone is 2. The van der Waals surface area contributed by atoms with Crippen molar-refractivity contribution in [3.63, 3.8) is 0 Å². The summed E-state index contributed by atoms with van der Waals surface area (Å²) in [5.74, 6) is 0. The number of halogens is 1. The van der Waals surface area contributed by atoms with Gasteiger partial charge in [-0.05, 0) is 5.41 Å². The fraction of sp³-hybridized carbons (Fsp3) is 0.519. The van der Waals surface area contributed by atoms with Gasteiger partial charge in [-0.2, -0.15) is 5.26 Å². The number of nitrogen functional groups attached to an aromatic ring is 1. The van der Waals surface area contributed by atoms with E-state index in [2.05, 4.69) is 64.0 Å². The average Bonchev–Trinajstić information content (AvgIpc) is 3.35. The van der Waals surface area contributed by atoms with Crippen molar-refractivity contribution in [2.24, 2.45) is 15.8 Å². The summed E-state index contributed by atoms with van der Waals surface area (Å²) in [6.45, 7) is 18.8. The Morgan fingerprint density at radius 2 is 1.35 bits per heavy atom. The summed E-state index contributed by atoms with van der Waals surface area (Å²) in [4.78, 5) is 0. The van der Waals surface area contributed by atoms with Crippen molar-refractivity contribution in [2.45, 2.75) is 73.1 Å². The van der Waals surface area contributed by atoms with Gasteiger partial charge in [0.2, 0.25) is 0 Å². The molecule has 37 heavy (non-hydrogen) atoms. The van der Waals surface area contributed by atoms with Crippen molar-refractivity contribution in [3.8, 4) is 18.2 Å². The number of nitrogens with two attached hydrogens (primary N) is 1. The van der Waals surface area contributed by atoms with Gasteiger partial charge in [-0.3, -0.25) is 0 Å². The Bertz CT molecular complexity index is 1210. The van der Waals surface area contributed by atoms with Gasteiger partial charge in [-0.1, -0.05) is 32.4 Å². The molecule has 0 radical (unpaired) electrons. The third-order valence-electron chi connectivity index (χ3n) is 4.39. The third kappa shape index (κ3) is 12.7. The first-order chi connectivity index (χ1) is 16.8. The van der Waals surface area contributed by atoms with E-state index >= 15 is 0 Å². The summed E-state index contributed by atoms with van der Waals surface area (Å²) in [7, 11) is 3.62. The van der Waals surface area contributed by atoms with Crippen LogP contribution in [0.5, 0.6) is 0 Å². The molecule has 0 saturated heterocycles. The van der Waals surface area contributed by atoms with Crippen LogP contribution in [0.2, 0.25) is 0 Å². The van der Waals surface area contributed by atoms with Gasteiger partial charge < -0.3 is 0 Å². The van der Waals surface area contributed by atoms with Gasteiger partial charge in [0.15, 0.2) is 0 Å². The monoisotopic (exact) mass is 655 g/mol. The molecular formula is C27H38ClN7Se2. The van der Waals surface area contributed by atoms with Crippen molar-refractivity contribution in [1.29, 1.82) is 15.8 Å². The van der Waals surface area contributed by atoms with Crippen molar-refractivity contribution < 1.29 is 0 Å². The van der Waals surface area contributed by atoms with E-state index < -0.39 is 0 Å². The zero-order chi connectivity index (χ0) is 29.2. The van der Waals surface area contributed by atoms with Gasteiger partial charge in [-0.25, -0.2) is 0 Å². The molecule has 0 spiro atoms. The molecule has 7 nitrogen and oxygen atoms in total. The first-order valence-electron chi connectivity index (χ1n) is 11.5. The van der Waals surface area contributed by atoms with E-state index in [1.165, 1.54) is 15.0 Å². The molecule has 200 valence electrons. The molecule has 0 aliphatic carbocycles. The number of rotatable bonds is 2. The Hall–Kier alpha value is -2.30. The zero-order valence-electron chi connectivity index (χ0n) is 23.7. The third-order valence-corrected chi connectivity index (χ3v) is 11.2. The molecule has 0 amide bonds. The summed E-state index contributed by atoms with van der Waals surface area (Å²) in [6, 6.07) is 10.2. The second-order valence-electron chi connectivity index (χ2n) is 11.4. The second kappa shape index (κ2) is 14.6. The Kier molecular flexibility index (Phi) is 13.7. The van der Waals surface area contributed by atoms with Crippen LogP contribution in [0, 0.1) is 39.4 Å². The van der Waals surface area contributed by atoms with E-state index in [9.17, 15) is 0 Å². The van der Waals surface area contributed by atoms with Crippen molar-refractivity contribution in [3.05, 3.63) is 41.0 Å². The summed E-state index contributed by atoms with van der Waals surface area (Å²) >= 11 is 5.96. The summed E-state index contributed by atoms with van der Waals surface area (Å²) in [6.07, 6.45) is 1.36. The maximum atomic E-state index is 9.04. The number of nitriles is 3. The Balaban J connectivity index is 0.000000550. The minimum atomic E-state index is -0.0860. The first kappa shape index (κ1) is 34.7. The first-order valence-corrected chi connectivity index (χ1v) is 15.3. The molecule has 2 aromatic heterocycles. The molecule has 2 rings (SSSR count). The van der Waals surface area contributed by atoms with Crippen LogP contribution >= 0.6 is 11.6 Å². The van der Waals surface area contributed by atoms with Crippen molar-refractivity contribution in [1.82, 2.24) is 5.01 Å². The van der Waals surface area contributed by atoms with E-state index in [1.807, 2.05) is 53.1 Å². The van der Waals surface area contributed by atoms with Crippen LogP contribution in [0.4, 0.5) is 11.4 Å². The SMILES string of the molecule is CC(C)(C)/C(Cl)=C/C#N.CC(C)(C)c1cc(N)c(C#N)[se]1.CN(C)N=Nc1cc(C(C)(C)C)[se]c1C#N. The molecule has 0 saturated carbocycles. The van der Waals surface area contributed by atoms with E-state index in [4.69, 9.17) is 33.1 Å². The Morgan fingerprint density at radius 1 is 0.892 bits per heavy atom. The maximum absolute atomic E-state index is 9.04. The van der Waals surface area contributed by atoms with Crippen LogP contribution in [-0.4, -0.2) is 48.1 Å². The second-order valence-corrected chi connectivity index (χ2v) is 16.2. The number of hydrogen-bond donors (Lipinski definition) is 1. The van der Waals surface area contributed by atoms with Crippen molar-refractivity contribution >= 4 is 52.0 Å². The molecule has 10 heteroatoms. The molecule has 0 unspecified atom stereocenters. The summed E-state index contributed by atoms with van der Waals surface area (Å²) in [5.41, 5.74) is 7.24. The summed E-state index contributed by atoms with van der Waals surface area (Å²) in [5, 5.41) is 36.2. The summed E-state index contributed by atoms with van der Waals surface area (Å²) < 4.78 is 4.14. The predicted octanol–water partition coefficient (Wildman–Crippen LogP) is 6.65. The van der Waals surface area contributed by atoms with Gasteiger partial charge in [0.1, 0.15) is 0 Å². The van der Waals surface area contributed by atoms with Crippen LogP contribution in [0.3, 0.4) is 0 Å². The van der Waals surface area contributed by atoms with Crippen LogP contribution in [-0.2, 0) is 10.8 Å². The van der Waals surface area contributed by atoms with Gasteiger partial charge in [0.25, 0.3) is 0 Å². The molecule has 2 N–H and O–H groups in total. The van der Waals surface area contributed by atoms with E-state index in [1.54, 1.807) is 5.01 Å². The van der Waals surface area contributed by atoms with E-state index in [0.29, 0.717) is 10.7 Å². The van der Waals surface area contributed by atoms with Gasteiger partial charge in [-0.15, -0.1) is 0 Å². The molecule has 0 fully saturated rings. The average molecular weight is 654 g/mol. The molecule has 2 heterocycles. The predicted molar refractivity (Wildman–Crippen MR) is 155 cm³/mol. The number of hydrogen-bond acceptors (Lipinski definition) is 6. The molecular weight excluding hydrogens is 616 g/mol. The van der Waals surface area contributed by atoms with Gasteiger partial charge in [0.05, 0.1) is 6.07 Å². The van der Waals surface area contributed by atoms with Gasteiger partial charge in [0, 0.05) is 11.1 Å². The van der Waals surface area contributed by atoms with Crippen LogP contribution < -0.4 is 5.73 Å². The molecule has 0 aliphatic heterocycles. The van der Waals surface area contributed by atoms with E-state index in [-0.39, 0.29) is 45.3 Å². The molecule has 0 aromatic carbocycles. The fourth-order valence-corrected chi connectivity index (χ4v) is 6.17. The van der Waals surface area contributed by atoms with Crippen LogP contribution in [0.25, 0.3) is 0 Å². The van der Waals surface area contributed by atoms with Crippen LogP contribution in [0.1, 0.15) is 80.1 Å². The minimum absolute atomic E-state index is 0.0860. The molecule has 0 aliphatic rings. The number of nitrogens with zero attached hydrogens (tertiary/aromatic N) is 6. The molecule has 0 bridgehead atoms. The van der Waals surface area contributed by atoms with Gasteiger partial charge >= 0.3 is 180 Å². The Labute approximate surface area is 239 Å². The Morgan fingerprint density at radius 3 is 1.65 bits per heavy atom. The molecule has 2 aromatic rings. The van der Waals surface area contributed by atoms with Crippen LogP contribution in [0.15, 0.2) is 33.6 Å². The van der Waals surface area contributed by atoms with Crippen molar-refractivity contribution in [2.75, 3.05) is 19.8 Å². The topological polar surface area (TPSA) is 125 Å².